The average Bonchev–Trinajstić information content (AvgIpc) is 2.51. The number of aliphatic hydroxyl groups is 1. The molecule has 0 aliphatic rings. The van der Waals surface area contributed by atoms with Crippen molar-refractivity contribution in [3.8, 4) is 0 Å². The summed E-state index contributed by atoms with van der Waals surface area (Å²) in [5.74, 6) is -0.764. The van der Waals surface area contributed by atoms with E-state index in [4.69, 9.17) is 14.6 Å². The third-order valence-corrected chi connectivity index (χ3v) is 3.36. The minimum atomic E-state index is -0.419. The van der Waals surface area contributed by atoms with Gasteiger partial charge in [0.05, 0.1) is 26.1 Å². The van der Waals surface area contributed by atoms with Gasteiger partial charge in [-0.15, -0.1) is 0 Å². The Labute approximate surface area is 134 Å². The first kappa shape index (κ1) is 20.9. The van der Waals surface area contributed by atoms with Crippen LogP contribution in [-0.2, 0) is 19.1 Å². The number of hydrogen-bond donors (Lipinski definition) is 1. The topological polar surface area (TPSA) is 72.8 Å². The lowest BCUT2D eigenvalue weighted by Gasteiger charge is -2.05. The second kappa shape index (κ2) is 16.3. The second-order valence-electron chi connectivity index (χ2n) is 5.49. The Bertz CT molecular complexity index is 278. The highest BCUT2D eigenvalue weighted by Gasteiger charge is 2.08. The summed E-state index contributed by atoms with van der Waals surface area (Å²) in [6.07, 6.45) is 10.2. The number of carbonyl (C=O) groups excluding carboxylic acids is 2. The number of aliphatic hydroxyl groups excluding tert-OH is 1. The fourth-order valence-corrected chi connectivity index (χ4v) is 2.02. The van der Waals surface area contributed by atoms with Crippen LogP contribution in [0.5, 0.6) is 0 Å². The van der Waals surface area contributed by atoms with Crippen LogP contribution in [0.4, 0.5) is 0 Å². The molecule has 0 rings (SSSR count). The number of esters is 2. The summed E-state index contributed by atoms with van der Waals surface area (Å²) in [4.78, 5) is 22.6. The Morgan fingerprint density at radius 3 is 1.68 bits per heavy atom. The molecule has 0 aromatic carbocycles. The zero-order valence-corrected chi connectivity index (χ0v) is 14.0. The molecule has 1 N–H and O–H groups in total. The molecule has 22 heavy (non-hydrogen) atoms. The van der Waals surface area contributed by atoms with E-state index in [0.717, 1.165) is 12.8 Å². The van der Waals surface area contributed by atoms with Gasteiger partial charge >= 0.3 is 11.9 Å². The standard InChI is InChI=1S/C17H32O5/c1-2-3-4-5-6-7-8-9-14-21-16(19)11-12-17(20)22-15-10-13-18/h18H,2-15H2,1H3. The van der Waals surface area contributed by atoms with Crippen LogP contribution in [0.1, 0.15) is 77.6 Å². The number of ether oxygens (including phenoxy) is 2. The monoisotopic (exact) mass is 316 g/mol. The molecule has 5 heteroatoms. The van der Waals surface area contributed by atoms with Gasteiger partial charge in [0.15, 0.2) is 0 Å². The number of rotatable bonds is 15. The van der Waals surface area contributed by atoms with Crippen molar-refractivity contribution >= 4 is 11.9 Å². The van der Waals surface area contributed by atoms with Crippen molar-refractivity contribution in [3.63, 3.8) is 0 Å². The highest BCUT2D eigenvalue weighted by Crippen LogP contribution is 2.08. The minimum absolute atomic E-state index is 0.00603. The largest absolute Gasteiger partial charge is 0.466 e. The van der Waals surface area contributed by atoms with Gasteiger partial charge in [0.1, 0.15) is 0 Å². The van der Waals surface area contributed by atoms with Crippen molar-refractivity contribution in [1.82, 2.24) is 0 Å². The maximum atomic E-state index is 11.4. The second-order valence-corrected chi connectivity index (χ2v) is 5.49. The van der Waals surface area contributed by atoms with Gasteiger partial charge in [0.2, 0.25) is 0 Å². The van der Waals surface area contributed by atoms with Gasteiger partial charge in [-0.2, -0.15) is 0 Å². The fourth-order valence-electron chi connectivity index (χ4n) is 2.02. The van der Waals surface area contributed by atoms with Gasteiger partial charge in [-0.25, -0.2) is 0 Å². The van der Waals surface area contributed by atoms with E-state index in [2.05, 4.69) is 6.92 Å². The van der Waals surface area contributed by atoms with E-state index in [1.807, 2.05) is 0 Å². The molecule has 0 atom stereocenters. The van der Waals surface area contributed by atoms with Gasteiger partial charge < -0.3 is 14.6 Å². The predicted octanol–water partition coefficient (Wildman–Crippen LogP) is 3.38. The Balaban J connectivity index is 3.30. The lowest BCUT2D eigenvalue weighted by molar-refractivity contribution is -0.150. The normalized spacial score (nSPS) is 10.5. The highest BCUT2D eigenvalue weighted by molar-refractivity contribution is 5.77. The Morgan fingerprint density at radius 2 is 1.18 bits per heavy atom. The third kappa shape index (κ3) is 15.3. The van der Waals surface area contributed by atoms with Crippen LogP contribution in [0.25, 0.3) is 0 Å². The van der Waals surface area contributed by atoms with Crippen LogP contribution in [0.2, 0.25) is 0 Å². The van der Waals surface area contributed by atoms with Gasteiger partial charge in [-0.1, -0.05) is 51.9 Å². The summed E-state index contributed by atoms with van der Waals surface area (Å²) >= 11 is 0. The van der Waals surface area contributed by atoms with Crippen molar-refractivity contribution in [1.29, 1.82) is 0 Å². The number of hydrogen-bond acceptors (Lipinski definition) is 5. The first-order valence-electron chi connectivity index (χ1n) is 8.62. The molecular weight excluding hydrogens is 284 g/mol. The van der Waals surface area contributed by atoms with Crippen LogP contribution in [-0.4, -0.2) is 36.9 Å². The van der Waals surface area contributed by atoms with Crippen LogP contribution >= 0.6 is 0 Å². The van der Waals surface area contributed by atoms with Gasteiger partial charge in [-0.3, -0.25) is 9.59 Å². The summed E-state index contributed by atoms with van der Waals surface area (Å²) in [5.41, 5.74) is 0. The fraction of sp³-hybridized carbons (Fsp3) is 0.882. The van der Waals surface area contributed by atoms with Crippen LogP contribution in [0, 0.1) is 0 Å². The van der Waals surface area contributed by atoms with Crippen molar-refractivity contribution in [2.45, 2.75) is 77.6 Å². The van der Waals surface area contributed by atoms with Crippen molar-refractivity contribution in [2.75, 3.05) is 19.8 Å². The van der Waals surface area contributed by atoms with Gasteiger partial charge in [-0.05, 0) is 6.42 Å². The molecule has 0 amide bonds. The molecule has 0 aromatic rings. The molecule has 0 radical (unpaired) electrons. The van der Waals surface area contributed by atoms with Crippen LogP contribution in [0.15, 0.2) is 0 Å². The van der Waals surface area contributed by atoms with E-state index in [-0.39, 0.29) is 32.0 Å². The maximum absolute atomic E-state index is 11.4. The smallest absolute Gasteiger partial charge is 0.306 e. The quantitative estimate of drug-likeness (QED) is 0.370. The van der Waals surface area contributed by atoms with Crippen molar-refractivity contribution in [3.05, 3.63) is 0 Å². The van der Waals surface area contributed by atoms with Crippen molar-refractivity contribution in [2.24, 2.45) is 0 Å². The Kier molecular flexibility index (Phi) is 15.5. The van der Waals surface area contributed by atoms with E-state index >= 15 is 0 Å². The first-order valence-corrected chi connectivity index (χ1v) is 8.62. The first-order chi connectivity index (χ1) is 10.7. The molecule has 0 aromatic heterocycles. The lowest BCUT2D eigenvalue weighted by Crippen LogP contribution is -2.11. The molecule has 0 saturated heterocycles. The van der Waals surface area contributed by atoms with E-state index in [1.54, 1.807) is 0 Å². The summed E-state index contributed by atoms with van der Waals surface area (Å²) in [6.45, 7) is 2.84. The van der Waals surface area contributed by atoms with Gasteiger partial charge in [0, 0.05) is 13.0 Å². The predicted molar refractivity (Wildman–Crippen MR) is 85.5 cm³/mol. The van der Waals surface area contributed by atoms with E-state index in [1.165, 1.54) is 38.5 Å². The molecule has 5 nitrogen and oxygen atoms in total. The molecule has 0 unspecified atom stereocenters. The van der Waals surface area contributed by atoms with E-state index < -0.39 is 5.97 Å². The van der Waals surface area contributed by atoms with Crippen molar-refractivity contribution < 1.29 is 24.2 Å². The number of unbranched alkanes of at least 4 members (excludes halogenated alkanes) is 7. The lowest BCUT2D eigenvalue weighted by atomic mass is 10.1. The molecule has 0 fully saturated rings. The Hall–Kier alpha value is -1.10. The van der Waals surface area contributed by atoms with Gasteiger partial charge in [0.25, 0.3) is 0 Å². The molecule has 0 spiro atoms. The number of carbonyl (C=O) groups is 2. The molecule has 0 saturated carbocycles. The molecule has 0 heterocycles. The third-order valence-electron chi connectivity index (χ3n) is 3.36. The molecule has 0 bridgehead atoms. The van der Waals surface area contributed by atoms with E-state index in [0.29, 0.717) is 13.0 Å². The highest BCUT2D eigenvalue weighted by atomic mass is 16.5. The summed E-state index contributed by atoms with van der Waals surface area (Å²) in [6, 6.07) is 0. The molecule has 130 valence electrons. The molecular formula is C17H32O5. The minimum Gasteiger partial charge on any atom is -0.466 e. The molecule has 0 aliphatic carbocycles. The molecule has 0 aliphatic heterocycles. The van der Waals surface area contributed by atoms with Crippen LogP contribution in [0.3, 0.4) is 0 Å². The summed E-state index contributed by atoms with van der Waals surface area (Å²) in [5, 5.41) is 8.54. The summed E-state index contributed by atoms with van der Waals surface area (Å²) in [7, 11) is 0. The maximum Gasteiger partial charge on any atom is 0.306 e. The average molecular weight is 316 g/mol. The zero-order valence-electron chi connectivity index (χ0n) is 14.0. The van der Waals surface area contributed by atoms with Crippen LogP contribution < -0.4 is 0 Å². The zero-order chi connectivity index (χ0) is 16.5. The van der Waals surface area contributed by atoms with E-state index in [9.17, 15) is 9.59 Å². The Morgan fingerprint density at radius 1 is 0.727 bits per heavy atom. The summed E-state index contributed by atoms with van der Waals surface area (Å²) < 4.78 is 9.90. The SMILES string of the molecule is CCCCCCCCCCOC(=O)CCC(=O)OCCCO.